The molecule has 0 aromatic heterocycles. The summed E-state index contributed by atoms with van der Waals surface area (Å²) in [4.78, 5) is 0. The van der Waals surface area contributed by atoms with Crippen LogP contribution in [0.5, 0.6) is 0 Å². The molecule has 94 valence electrons. The molecule has 1 saturated heterocycles. The van der Waals surface area contributed by atoms with Crippen LogP contribution in [-0.4, -0.2) is 55.5 Å². The van der Waals surface area contributed by atoms with Crippen LogP contribution in [0.3, 0.4) is 0 Å². The lowest BCUT2D eigenvalue weighted by atomic mass is 10.0. The fraction of sp³-hybridized carbons (Fsp3) is 0.833. The monoisotopic (exact) mass is 227 g/mol. The zero-order valence-corrected chi connectivity index (χ0v) is 10.9. The Balaban J connectivity index is 2.72. The first-order valence-electron chi connectivity index (χ1n) is 5.99. The van der Waals surface area contributed by atoms with Gasteiger partial charge in [0.1, 0.15) is 0 Å². The van der Waals surface area contributed by atoms with Gasteiger partial charge in [0.15, 0.2) is 0 Å². The molecule has 0 saturated carbocycles. The number of nitrogens with zero attached hydrogens (tertiary/aromatic N) is 2. The normalized spacial score (nSPS) is 26.1. The van der Waals surface area contributed by atoms with Gasteiger partial charge >= 0.3 is 0 Å². The number of methoxy groups -OCH3 is 1. The zero-order valence-electron chi connectivity index (χ0n) is 10.9. The molecule has 0 amide bonds. The third-order valence-corrected chi connectivity index (χ3v) is 3.33. The first-order valence-corrected chi connectivity index (χ1v) is 5.99. The van der Waals surface area contributed by atoms with E-state index in [0.717, 1.165) is 19.5 Å². The SMILES string of the molecule is C=CN(C1CCNCC1OC)N(C)C(C)C. The quantitative estimate of drug-likeness (QED) is 0.711. The van der Waals surface area contributed by atoms with E-state index >= 15 is 0 Å². The largest absolute Gasteiger partial charge is 0.378 e. The van der Waals surface area contributed by atoms with Gasteiger partial charge in [-0.15, -0.1) is 0 Å². The van der Waals surface area contributed by atoms with E-state index in [1.807, 2.05) is 6.20 Å². The third kappa shape index (κ3) is 2.97. The van der Waals surface area contributed by atoms with Crippen molar-refractivity contribution in [2.24, 2.45) is 0 Å². The van der Waals surface area contributed by atoms with Crippen LogP contribution >= 0.6 is 0 Å². The van der Waals surface area contributed by atoms with Gasteiger partial charge in [0.25, 0.3) is 0 Å². The summed E-state index contributed by atoms with van der Waals surface area (Å²) in [5.74, 6) is 0. The van der Waals surface area contributed by atoms with Crippen molar-refractivity contribution in [3.63, 3.8) is 0 Å². The number of nitrogens with one attached hydrogen (secondary N) is 1. The summed E-state index contributed by atoms with van der Waals surface area (Å²) >= 11 is 0. The second kappa shape index (κ2) is 6.23. The topological polar surface area (TPSA) is 27.7 Å². The van der Waals surface area contributed by atoms with Crippen molar-refractivity contribution in [1.82, 2.24) is 15.3 Å². The molecular weight excluding hydrogens is 202 g/mol. The van der Waals surface area contributed by atoms with Crippen molar-refractivity contribution >= 4 is 0 Å². The predicted molar refractivity (Wildman–Crippen MR) is 67.0 cm³/mol. The number of hydrazine groups is 1. The van der Waals surface area contributed by atoms with E-state index in [1.54, 1.807) is 7.11 Å². The van der Waals surface area contributed by atoms with Crippen LogP contribution in [0.25, 0.3) is 0 Å². The highest BCUT2D eigenvalue weighted by molar-refractivity contribution is 4.89. The van der Waals surface area contributed by atoms with E-state index in [0.29, 0.717) is 12.1 Å². The van der Waals surface area contributed by atoms with Gasteiger partial charge in [-0.05, 0) is 26.8 Å². The summed E-state index contributed by atoms with van der Waals surface area (Å²) in [6, 6.07) is 0.849. The number of hydrogen-bond acceptors (Lipinski definition) is 4. The maximum atomic E-state index is 5.54. The summed E-state index contributed by atoms with van der Waals surface area (Å²) in [5.41, 5.74) is 0. The van der Waals surface area contributed by atoms with E-state index in [2.05, 4.69) is 42.8 Å². The summed E-state index contributed by atoms with van der Waals surface area (Å²) in [7, 11) is 3.88. The van der Waals surface area contributed by atoms with Gasteiger partial charge in [-0.25, -0.2) is 5.01 Å². The highest BCUT2D eigenvalue weighted by Crippen LogP contribution is 2.18. The van der Waals surface area contributed by atoms with Gasteiger partial charge in [-0.3, -0.25) is 0 Å². The predicted octanol–water partition coefficient (Wildman–Crippen LogP) is 1.06. The van der Waals surface area contributed by atoms with Gasteiger partial charge < -0.3 is 15.1 Å². The smallest absolute Gasteiger partial charge is 0.0914 e. The average molecular weight is 227 g/mol. The number of piperidine rings is 1. The van der Waals surface area contributed by atoms with Crippen LogP contribution in [0.15, 0.2) is 12.8 Å². The second-order valence-electron chi connectivity index (χ2n) is 4.56. The summed E-state index contributed by atoms with van der Waals surface area (Å²) < 4.78 is 5.54. The highest BCUT2D eigenvalue weighted by Gasteiger charge is 2.31. The Kier molecular flexibility index (Phi) is 5.25. The molecule has 1 aliphatic heterocycles. The van der Waals surface area contributed by atoms with Crippen molar-refractivity contribution in [3.8, 4) is 0 Å². The zero-order chi connectivity index (χ0) is 12.1. The maximum absolute atomic E-state index is 5.54. The molecule has 2 atom stereocenters. The molecule has 0 aromatic rings. The lowest BCUT2D eigenvalue weighted by Gasteiger charge is -2.44. The summed E-state index contributed by atoms with van der Waals surface area (Å²) in [6.07, 6.45) is 3.22. The molecule has 16 heavy (non-hydrogen) atoms. The standard InChI is InChI=1S/C12H25N3O/c1-6-15(14(4)10(2)3)11-7-8-13-9-12(11)16-5/h6,10-13H,1,7-9H2,2-5H3. The van der Waals surface area contributed by atoms with E-state index in [9.17, 15) is 0 Å². The Hall–Kier alpha value is -0.580. The fourth-order valence-corrected chi connectivity index (χ4v) is 2.12. The van der Waals surface area contributed by atoms with Crippen LogP contribution in [0, 0.1) is 0 Å². The molecule has 0 aliphatic carbocycles. The van der Waals surface area contributed by atoms with Crippen LogP contribution in [-0.2, 0) is 4.74 Å². The molecule has 1 N–H and O–H groups in total. The van der Waals surface area contributed by atoms with E-state index < -0.39 is 0 Å². The van der Waals surface area contributed by atoms with Gasteiger partial charge in [-0.1, -0.05) is 6.58 Å². The van der Waals surface area contributed by atoms with Crippen LogP contribution in [0.2, 0.25) is 0 Å². The van der Waals surface area contributed by atoms with E-state index in [-0.39, 0.29) is 6.10 Å². The van der Waals surface area contributed by atoms with Gasteiger partial charge in [0, 0.05) is 32.9 Å². The highest BCUT2D eigenvalue weighted by atomic mass is 16.5. The van der Waals surface area contributed by atoms with Crippen LogP contribution < -0.4 is 5.32 Å². The Labute approximate surface area is 99.2 Å². The van der Waals surface area contributed by atoms with Crippen LogP contribution in [0.1, 0.15) is 20.3 Å². The first kappa shape index (κ1) is 13.5. The molecule has 1 heterocycles. The van der Waals surface area contributed by atoms with Gasteiger partial charge in [0.2, 0.25) is 0 Å². The molecule has 0 aromatic carbocycles. The second-order valence-corrected chi connectivity index (χ2v) is 4.56. The minimum atomic E-state index is 0.230. The van der Waals surface area contributed by atoms with Crippen molar-refractivity contribution in [1.29, 1.82) is 0 Å². The number of hydrogen-bond donors (Lipinski definition) is 1. The first-order chi connectivity index (χ1) is 7.61. The van der Waals surface area contributed by atoms with Crippen molar-refractivity contribution in [3.05, 3.63) is 12.8 Å². The van der Waals surface area contributed by atoms with Crippen LogP contribution in [0.4, 0.5) is 0 Å². The molecule has 1 rings (SSSR count). The Morgan fingerprint density at radius 2 is 2.19 bits per heavy atom. The van der Waals surface area contributed by atoms with Gasteiger partial charge in [-0.2, -0.15) is 0 Å². The van der Waals surface area contributed by atoms with Crippen molar-refractivity contribution in [2.75, 3.05) is 27.2 Å². The Morgan fingerprint density at radius 1 is 1.50 bits per heavy atom. The number of rotatable bonds is 5. The molecule has 0 spiro atoms. The molecule has 0 bridgehead atoms. The minimum absolute atomic E-state index is 0.230. The van der Waals surface area contributed by atoms with Gasteiger partial charge in [0.05, 0.1) is 12.1 Å². The third-order valence-electron chi connectivity index (χ3n) is 3.33. The molecule has 4 nitrogen and oxygen atoms in total. The maximum Gasteiger partial charge on any atom is 0.0914 e. The molecule has 2 unspecified atom stereocenters. The van der Waals surface area contributed by atoms with Crippen molar-refractivity contribution < 1.29 is 4.74 Å². The van der Waals surface area contributed by atoms with E-state index in [4.69, 9.17) is 4.74 Å². The Morgan fingerprint density at radius 3 is 2.69 bits per heavy atom. The number of ether oxygens (including phenoxy) is 1. The molecule has 0 radical (unpaired) electrons. The van der Waals surface area contributed by atoms with Crippen molar-refractivity contribution in [2.45, 2.75) is 38.5 Å². The summed E-state index contributed by atoms with van der Waals surface area (Å²) in [6.45, 7) is 10.2. The summed E-state index contributed by atoms with van der Waals surface area (Å²) in [5, 5.41) is 7.78. The lowest BCUT2D eigenvalue weighted by molar-refractivity contribution is -0.0819. The fourth-order valence-electron chi connectivity index (χ4n) is 2.12. The average Bonchev–Trinajstić information content (AvgIpc) is 2.30. The lowest BCUT2D eigenvalue weighted by Crippen LogP contribution is -2.57. The molecule has 1 fully saturated rings. The Bertz CT molecular complexity index is 220. The van der Waals surface area contributed by atoms with E-state index in [1.165, 1.54) is 0 Å². The minimum Gasteiger partial charge on any atom is -0.378 e. The molecule has 1 aliphatic rings. The molecule has 4 heteroatoms. The molecular formula is C12H25N3O.